The largest absolute Gasteiger partial charge is 0.394 e. The van der Waals surface area contributed by atoms with Crippen molar-refractivity contribution in [2.45, 2.75) is 36.4 Å². The first-order chi connectivity index (χ1) is 10.0. The molecule has 1 unspecified atom stereocenters. The molecule has 1 fully saturated rings. The molecule has 3 heterocycles. The molecule has 3 rings (SSSR count). The number of hydrazone groups is 1. The summed E-state index contributed by atoms with van der Waals surface area (Å²) >= 11 is 0. The minimum Gasteiger partial charge on any atom is -0.394 e. The number of nitrogens with zero attached hydrogens (tertiary/aromatic N) is 4. The third-order valence-corrected chi connectivity index (χ3v) is 4.00. The van der Waals surface area contributed by atoms with Crippen molar-refractivity contribution in [1.82, 2.24) is 5.01 Å². The second-order valence-corrected chi connectivity index (χ2v) is 5.07. The van der Waals surface area contributed by atoms with E-state index < -0.39 is 36.6 Å². The van der Waals surface area contributed by atoms with Gasteiger partial charge in [-0.15, -0.1) is 0 Å². The van der Waals surface area contributed by atoms with E-state index in [0.29, 0.717) is 5.70 Å². The first kappa shape index (κ1) is 13.9. The first-order valence-electron chi connectivity index (χ1n) is 6.42. The Balaban J connectivity index is 1.95. The zero-order valence-electron chi connectivity index (χ0n) is 10.9. The van der Waals surface area contributed by atoms with E-state index in [1.807, 2.05) is 6.07 Å². The van der Waals surface area contributed by atoms with Crippen LogP contribution in [0.15, 0.2) is 21.9 Å². The molecule has 4 N–H and O–H groups in total. The molecule has 0 aliphatic carbocycles. The van der Waals surface area contributed by atoms with E-state index >= 15 is 0 Å². The van der Waals surface area contributed by atoms with Crippen LogP contribution in [-0.2, 0) is 4.74 Å². The van der Waals surface area contributed by atoms with E-state index in [-0.39, 0.29) is 12.3 Å². The first-order valence-corrected chi connectivity index (χ1v) is 6.42. The molecule has 5 atom stereocenters. The van der Waals surface area contributed by atoms with Crippen molar-refractivity contribution in [3.8, 4) is 6.07 Å². The van der Waals surface area contributed by atoms with Crippen LogP contribution >= 0.6 is 0 Å². The van der Waals surface area contributed by atoms with Gasteiger partial charge in [-0.1, -0.05) is 6.08 Å². The summed E-state index contributed by atoms with van der Waals surface area (Å²) in [5.41, 5.74) is 4.27. The number of aliphatic imine (C=N–C) groups is 1. The molecular weight excluding hydrogens is 281 g/mol. The average molecular weight is 295 g/mol. The quantitative estimate of drug-likeness (QED) is 0.575. The minimum atomic E-state index is -1.97. The topological polar surface area (TPSA) is 127 Å². The van der Waals surface area contributed by atoms with Crippen molar-refractivity contribution in [2.75, 3.05) is 6.61 Å². The normalized spacial score (nSPS) is 41.5. The number of hydrogen-bond acceptors (Lipinski definition) is 8. The molecule has 112 valence electrons. The van der Waals surface area contributed by atoms with Gasteiger partial charge in [-0.3, -0.25) is 5.01 Å². The van der Waals surface area contributed by atoms with Crippen LogP contribution < -0.4 is 5.73 Å². The Morgan fingerprint density at radius 3 is 3.05 bits per heavy atom. The number of fused-ring (bicyclic) bond motifs is 1. The number of nitriles is 1. The molecule has 0 aromatic rings. The molecule has 0 saturated carbocycles. The van der Waals surface area contributed by atoms with Gasteiger partial charge in [0.05, 0.1) is 12.3 Å². The Bertz CT molecular complexity index is 586. The molecule has 9 heteroatoms. The molecule has 1 saturated heterocycles. The second kappa shape index (κ2) is 4.77. The number of amidine groups is 1. The highest BCUT2D eigenvalue weighted by atomic mass is 19.1. The number of nitrogens with two attached hydrogens (primary N) is 1. The van der Waals surface area contributed by atoms with Gasteiger partial charge in [0.25, 0.3) is 0 Å². The standard InChI is InChI=1S/C12H14FN5O3/c13-10-9(20)7(3-19)21-12(10,4-14)8-2-1-6-11(15)16-5-17-18(6)8/h1,5,7-10,19-20H,2-3H2,(H2,15,16,17)/t7-,8?,9-,10-,12+/m1/s1. The van der Waals surface area contributed by atoms with Gasteiger partial charge in [-0.25, -0.2) is 9.38 Å². The molecule has 3 aliphatic heterocycles. The highest BCUT2D eigenvalue weighted by Crippen LogP contribution is 2.42. The van der Waals surface area contributed by atoms with Crippen molar-refractivity contribution in [3.63, 3.8) is 0 Å². The summed E-state index contributed by atoms with van der Waals surface area (Å²) in [6.07, 6.45) is -1.53. The summed E-state index contributed by atoms with van der Waals surface area (Å²) in [5.74, 6) is 0.216. The molecule has 21 heavy (non-hydrogen) atoms. The molecule has 0 radical (unpaired) electrons. The summed E-state index contributed by atoms with van der Waals surface area (Å²) < 4.78 is 19.9. The molecule has 0 aromatic heterocycles. The molecule has 0 bridgehead atoms. The fourth-order valence-corrected chi connectivity index (χ4v) is 2.91. The Morgan fingerprint density at radius 2 is 2.43 bits per heavy atom. The van der Waals surface area contributed by atoms with Gasteiger partial charge in [0.2, 0.25) is 5.60 Å². The minimum absolute atomic E-state index is 0.216. The van der Waals surface area contributed by atoms with E-state index in [9.17, 15) is 14.8 Å². The number of hydrogen-bond donors (Lipinski definition) is 3. The van der Waals surface area contributed by atoms with Crippen LogP contribution in [0.5, 0.6) is 0 Å². The fraction of sp³-hybridized carbons (Fsp3) is 0.583. The predicted octanol–water partition coefficient (Wildman–Crippen LogP) is -1.39. The van der Waals surface area contributed by atoms with Crippen molar-refractivity contribution in [3.05, 3.63) is 11.8 Å². The highest BCUT2D eigenvalue weighted by molar-refractivity contribution is 6.02. The Kier molecular flexibility index (Phi) is 3.16. The molecule has 0 amide bonds. The maximum absolute atomic E-state index is 14.5. The van der Waals surface area contributed by atoms with Crippen LogP contribution in [0.25, 0.3) is 0 Å². The maximum atomic E-state index is 14.5. The average Bonchev–Trinajstić information content (AvgIpc) is 3.03. The van der Waals surface area contributed by atoms with Gasteiger partial charge in [-0.2, -0.15) is 10.4 Å². The van der Waals surface area contributed by atoms with Crippen molar-refractivity contribution in [2.24, 2.45) is 15.8 Å². The van der Waals surface area contributed by atoms with E-state index in [0.717, 1.165) is 0 Å². The van der Waals surface area contributed by atoms with E-state index in [2.05, 4.69) is 10.1 Å². The van der Waals surface area contributed by atoms with E-state index in [1.54, 1.807) is 6.08 Å². The summed E-state index contributed by atoms with van der Waals surface area (Å²) in [4.78, 5) is 3.83. The van der Waals surface area contributed by atoms with Gasteiger partial charge < -0.3 is 20.7 Å². The van der Waals surface area contributed by atoms with Gasteiger partial charge in [-0.05, 0) is 6.42 Å². The third kappa shape index (κ3) is 1.77. The Morgan fingerprint density at radius 1 is 1.67 bits per heavy atom. The fourth-order valence-electron chi connectivity index (χ4n) is 2.91. The van der Waals surface area contributed by atoms with E-state index in [1.165, 1.54) is 11.3 Å². The number of alkyl halides is 1. The lowest BCUT2D eigenvalue weighted by Gasteiger charge is -2.36. The van der Waals surface area contributed by atoms with Gasteiger partial charge in [0.15, 0.2) is 12.0 Å². The monoisotopic (exact) mass is 295 g/mol. The summed E-state index contributed by atoms with van der Waals surface area (Å²) in [7, 11) is 0. The zero-order valence-corrected chi connectivity index (χ0v) is 10.9. The Hall–Kier alpha value is -2.02. The van der Waals surface area contributed by atoms with Crippen molar-refractivity contribution >= 4 is 12.2 Å². The number of rotatable bonds is 2. The molecule has 0 spiro atoms. The highest BCUT2D eigenvalue weighted by Gasteiger charge is 2.62. The number of aliphatic hydroxyl groups excluding tert-OH is 2. The number of aliphatic hydroxyl groups is 2. The smallest absolute Gasteiger partial charge is 0.210 e. The molecule has 8 nitrogen and oxygen atoms in total. The predicted molar refractivity (Wildman–Crippen MR) is 69.6 cm³/mol. The van der Waals surface area contributed by atoms with Crippen LogP contribution in [0, 0.1) is 11.3 Å². The molecule has 3 aliphatic rings. The van der Waals surface area contributed by atoms with Crippen LogP contribution in [0.3, 0.4) is 0 Å². The second-order valence-electron chi connectivity index (χ2n) is 5.07. The Labute approximate surface area is 119 Å². The third-order valence-electron chi connectivity index (χ3n) is 4.00. The van der Waals surface area contributed by atoms with Crippen molar-refractivity contribution < 1.29 is 19.3 Å². The lowest BCUT2D eigenvalue weighted by Crippen LogP contribution is -2.54. The SMILES string of the molecule is N#C[C@@]1(C2CC=C3C(N)=NC=NN32)O[C@H](CO)[C@@H](O)[C@H]1F. The van der Waals surface area contributed by atoms with Crippen molar-refractivity contribution in [1.29, 1.82) is 5.26 Å². The van der Waals surface area contributed by atoms with Crippen LogP contribution in [0.1, 0.15) is 6.42 Å². The van der Waals surface area contributed by atoms with E-state index in [4.69, 9.17) is 15.6 Å². The molecular formula is C12H14FN5O3. The molecule has 0 aromatic carbocycles. The number of halogens is 1. The lowest BCUT2D eigenvalue weighted by atomic mass is 9.88. The number of ether oxygens (including phenoxy) is 1. The summed E-state index contributed by atoms with van der Waals surface area (Å²) in [5, 5.41) is 33.8. The van der Waals surface area contributed by atoms with Gasteiger partial charge in [0.1, 0.15) is 30.7 Å². The maximum Gasteiger partial charge on any atom is 0.210 e. The van der Waals surface area contributed by atoms with Gasteiger partial charge in [0, 0.05) is 0 Å². The van der Waals surface area contributed by atoms with Crippen LogP contribution in [-0.4, -0.2) is 64.0 Å². The van der Waals surface area contributed by atoms with Crippen LogP contribution in [0.4, 0.5) is 4.39 Å². The summed E-state index contributed by atoms with van der Waals surface area (Å²) in [6, 6.07) is 1.03. The van der Waals surface area contributed by atoms with Gasteiger partial charge >= 0.3 is 0 Å². The lowest BCUT2D eigenvalue weighted by molar-refractivity contribution is -0.0823. The zero-order chi connectivity index (χ0) is 15.2. The van der Waals surface area contributed by atoms with Crippen LogP contribution in [0.2, 0.25) is 0 Å². The summed E-state index contributed by atoms with van der Waals surface area (Å²) in [6.45, 7) is -0.578.